The van der Waals surface area contributed by atoms with Crippen molar-refractivity contribution in [3.63, 3.8) is 0 Å². The number of morpholine rings is 1. The summed E-state index contributed by atoms with van der Waals surface area (Å²) in [6, 6.07) is 5.46. The number of hydrogen-bond donors (Lipinski definition) is 1. The predicted octanol–water partition coefficient (Wildman–Crippen LogP) is 0.476. The molecule has 0 saturated carbocycles. The van der Waals surface area contributed by atoms with Crippen LogP contribution in [0.5, 0.6) is 0 Å². The highest BCUT2D eigenvalue weighted by Crippen LogP contribution is 2.14. The number of aliphatic hydroxyl groups is 1. The number of hydrogen-bond acceptors (Lipinski definition) is 4. The van der Waals surface area contributed by atoms with E-state index in [9.17, 15) is 9.90 Å². The molecule has 1 N–H and O–H groups in total. The summed E-state index contributed by atoms with van der Waals surface area (Å²) < 4.78 is 7.18. The molecule has 0 spiro atoms. The van der Waals surface area contributed by atoms with E-state index in [1.807, 2.05) is 29.5 Å². The number of pyridine rings is 1. The molecule has 3 heterocycles. The fourth-order valence-electron chi connectivity index (χ4n) is 2.47. The number of amides is 1. The van der Waals surface area contributed by atoms with Crippen LogP contribution in [0.1, 0.15) is 16.2 Å². The topological polar surface area (TPSA) is 67.1 Å². The molecule has 6 nitrogen and oxygen atoms in total. The molecular formula is C14H17N3O3. The first-order valence-corrected chi connectivity index (χ1v) is 6.65. The van der Waals surface area contributed by atoms with Crippen molar-refractivity contribution in [2.45, 2.75) is 13.0 Å². The highest BCUT2D eigenvalue weighted by molar-refractivity contribution is 5.93. The van der Waals surface area contributed by atoms with Crippen LogP contribution in [-0.4, -0.2) is 57.7 Å². The first-order chi connectivity index (χ1) is 9.70. The molecular weight excluding hydrogens is 258 g/mol. The molecule has 6 heteroatoms. The van der Waals surface area contributed by atoms with Gasteiger partial charge in [0.1, 0.15) is 11.3 Å². The monoisotopic (exact) mass is 275 g/mol. The molecule has 3 rings (SSSR count). The second-order valence-electron chi connectivity index (χ2n) is 4.93. The number of aliphatic hydroxyl groups excluding tert-OH is 1. The van der Waals surface area contributed by atoms with Crippen LogP contribution in [0, 0.1) is 6.92 Å². The molecule has 1 aliphatic heterocycles. The number of imidazole rings is 1. The fourth-order valence-corrected chi connectivity index (χ4v) is 2.47. The molecule has 1 saturated heterocycles. The minimum absolute atomic E-state index is 0.0991. The van der Waals surface area contributed by atoms with Crippen molar-refractivity contribution in [3.05, 3.63) is 35.8 Å². The molecule has 1 amide bonds. The Morgan fingerprint density at radius 1 is 1.55 bits per heavy atom. The van der Waals surface area contributed by atoms with Crippen LogP contribution in [0.25, 0.3) is 5.65 Å². The van der Waals surface area contributed by atoms with Crippen LogP contribution >= 0.6 is 0 Å². The van der Waals surface area contributed by atoms with E-state index in [1.165, 1.54) is 0 Å². The zero-order chi connectivity index (χ0) is 14.1. The average molecular weight is 275 g/mol. The number of fused-ring (bicyclic) bond motifs is 1. The van der Waals surface area contributed by atoms with Crippen molar-refractivity contribution >= 4 is 11.6 Å². The number of ether oxygens (including phenoxy) is 1. The minimum atomic E-state index is -0.290. The van der Waals surface area contributed by atoms with Crippen LogP contribution in [0.15, 0.2) is 24.4 Å². The van der Waals surface area contributed by atoms with Crippen molar-refractivity contribution < 1.29 is 14.6 Å². The molecule has 2 aromatic rings. The maximum atomic E-state index is 12.5. The molecule has 0 aromatic carbocycles. The van der Waals surface area contributed by atoms with E-state index in [2.05, 4.69) is 4.98 Å². The van der Waals surface area contributed by atoms with Crippen molar-refractivity contribution in [1.29, 1.82) is 0 Å². The SMILES string of the molecule is Cc1cccc2nc(C(=O)N3CCOCC3CO)cn12. The number of rotatable bonds is 2. The molecule has 1 fully saturated rings. The second kappa shape index (κ2) is 5.22. The quantitative estimate of drug-likeness (QED) is 0.865. The molecule has 2 aromatic heterocycles. The molecule has 0 aliphatic carbocycles. The van der Waals surface area contributed by atoms with E-state index in [0.29, 0.717) is 25.5 Å². The molecule has 106 valence electrons. The molecule has 0 bridgehead atoms. The summed E-state index contributed by atoms with van der Waals surface area (Å²) >= 11 is 0. The Balaban J connectivity index is 1.93. The van der Waals surface area contributed by atoms with Gasteiger partial charge in [-0.2, -0.15) is 0 Å². The van der Waals surface area contributed by atoms with Gasteiger partial charge in [-0.25, -0.2) is 4.98 Å². The van der Waals surface area contributed by atoms with Gasteiger partial charge in [-0.1, -0.05) is 6.07 Å². The third-order valence-electron chi connectivity index (χ3n) is 3.61. The molecule has 1 aliphatic rings. The first kappa shape index (κ1) is 13.1. The molecule has 1 unspecified atom stereocenters. The molecule has 1 atom stereocenters. The summed E-state index contributed by atoms with van der Waals surface area (Å²) in [7, 11) is 0. The van der Waals surface area contributed by atoms with E-state index < -0.39 is 0 Å². The van der Waals surface area contributed by atoms with Crippen LogP contribution in [-0.2, 0) is 4.74 Å². The predicted molar refractivity (Wildman–Crippen MR) is 72.7 cm³/mol. The van der Waals surface area contributed by atoms with Crippen LogP contribution in [0.3, 0.4) is 0 Å². The van der Waals surface area contributed by atoms with Crippen LogP contribution < -0.4 is 0 Å². The summed E-state index contributed by atoms with van der Waals surface area (Å²) in [5.74, 6) is -0.157. The van der Waals surface area contributed by atoms with Gasteiger partial charge in [0.2, 0.25) is 0 Å². The summed E-state index contributed by atoms with van der Waals surface area (Å²) in [6.45, 7) is 3.21. The Morgan fingerprint density at radius 3 is 3.15 bits per heavy atom. The summed E-state index contributed by atoms with van der Waals surface area (Å²) in [5.41, 5.74) is 2.18. The van der Waals surface area contributed by atoms with E-state index in [-0.39, 0.29) is 18.6 Å². The lowest BCUT2D eigenvalue weighted by Crippen LogP contribution is -2.50. The molecule has 20 heavy (non-hydrogen) atoms. The smallest absolute Gasteiger partial charge is 0.274 e. The van der Waals surface area contributed by atoms with Crippen molar-refractivity contribution in [2.75, 3.05) is 26.4 Å². The Bertz CT molecular complexity index is 638. The van der Waals surface area contributed by atoms with E-state index in [4.69, 9.17) is 4.74 Å². The van der Waals surface area contributed by atoms with Crippen molar-refractivity contribution in [3.8, 4) is 0 Å². The van der Waals surface area contributed by atoms with Gasteiger partial charge in [0, 0.05) is 18.4 Å². The highest BCUT2D eigenvalue weighted by Gasteiger charge is 2.28. The average Bonchev–Trinajstić information content (AvgIpc) is 2.92. The standard InChI is InChI=1S/C14H17N3O3/c1-10-3-2-4-13-15-12(7-17(10)13)14(19)16-5-6-20-9-11(16)8-18/h2-4,7,11,18H,5-6,8-9H2,1H3. The number of nitrogens with zero attached hydrogens (tertiary/aromatic N) is 3. The van der Waals surface area contributed by atoms with Gasteiger partial charge in [-0.05, 0) is 19.1 Å². The maximum absolute atomic E-state index is 12.5. The van der Waals surface area contributed by atoms with Gasteiger partial charge in [0.25, 0.3) is 5.91 Å². The number of carbonyl (C=O) groups is 1. The Labute approximate surface area is 116 Å². The second-order valence-corrected chi connectivity index (χ2v) is 4.93. The summed E-state index contributed by atoms with van der Waals surface area (Å²) in [5, 5.41) is 9.34. The normalized spacial score (nSPS) is 19.5. The lowest BCUT2D eigenvalue weighted by Gasteiger charge is -2.33. The van der Waals surface area contributed by atoms with Gasteiger partial charge < -0.3 is 19.1 Å². The molecule has 0 radical (unpaired) electrons. The number of carbonyl (C=O) groups excluding carboxylic acids is 1. The van der Waals surface area contributed by atoms with E-state index >= 15 is 0 Å². The van der Waals surface area contributed by atoms with Gasteiger partial charge >= 0.3 is 0 Å². The minimum Gasteiger partial charge on any atom is -0.394 e. The van der Waals surface area contributed by atoms with Gasteiger partial charge in [-0.15, -0.1) is 0 Å². The van der Waals surface area contributed by atoms with Crippen LogP contribution in [0.2, 0.25) is 0 Å². The fraction of sp³-hybridized carbons (Fsp3) is 0.429. The largest absolute Gasteiger partial charge is 0.394 e. The van der Waals surface area contributed by atoms with Crippen molar-refractivity contribution in [1.82, 2.24) is 14.3 Å². The third-order valence-corrected chi connectivity index (χ3v) is 3.61. The lowest BCUT2D eigenvalue weighted by molar-refractivity contribution is -0.0186. The zero-order valence-corrected chi connectivity index (χ0v) is 11.3. The third kappa shape index (κ3) is 2.17. The Morgan fingerprint density at radius 2 is 2.40 bits per heavy atom. The van der Waals surface area contributed by atoms with Gasteiger partial charge in [-0.3, -0.25) is 4.79 Å². The Kier molecular flexibility index (Phi) is 3.42. The van der Waals surface area contributed by atoms with Crippen molar-refractivity contribution in [2.24, 2.45) is 0 Å². The zero-order valence-electron chi connectivity index (χ0n) is 11.3. The summed E-state index contributed by atoms with van der Waals surface area (Å²) in [4.78, 5) is 18.5. The summed E-state index contributed by atoms with van der Waals surface area (Å²) in [6.07, 6.45) is 1.75. The maximum Gasteiger partial charge on any atom is 0.274 e. The first-order valence-electron chi connectivity index (χ1n) is 6.65. The lowest BCUT2D eigenvalue weighted by atomic mass is 10.2. The number of aromatic nitrogens is 2. The van der Waals surface area contributed by atoms with Crippen LogP contribution in [0.4, 0.5) is 0 Å². The number of aryl methyl sites for hydroxylation is 1. The van der Waals surface area contributed by atoms with Gasteiger partial charge in [0.05, 0.1) is 25.9 Å². The Hall–Kier alpha value is -1.92. The highest BCUT2D eigenvalue weighted by atomic mass is 16.5. The van der Waals surface area contributed by atoms with E-state index in [0.717, 1.165) is 11.3 Å². The van der Waals surface area contributed by atoms with Gasteiger partial charge in [0.15, 0.2) is 0 Å². The van der Waals surface area contributed by atoms with E-state index in [1.54, 1.807) is 11.1 Å².